The molecule has 0 unspecified atom stereocenters. The Balaban J connectivity index is 1.80. The number of amides is 1. The van der Waals surface area contributed by atoms with Crippen LogP contribution in [-0.2, 0) is 16.1 Å². The van der Waals surface area contributed by atoms with Crippen LogP contribution in [0, 0.1) is 11.8 Å². The van der Waals surface area contributed by atoms with Crippen molar-refractivity contribution in [3.8, 4) is 0 Å². The monoisotopic (exact) mass is 333 g/mol. The topological polar surface area (TPSA) is 75.6 Å². The predicted molar refractivity (Wildman–Crippen MR) is 91.6 cm³/mol. The molecule has 24 heavy (non-hydrogen) atoms. The molecule has 0 aromatic heterocycles. The van der Waals surface area contributed by atoms with Crippen molar-refractivity contribution in [1.29, 1.82) is 0 Å². The van der Waals surface area contributed by atoms with E-state index in [9.17, 15) is 9.59 Å². The summed E-state index contributed by atoms with van der Waals surface area (Å²) < 4.78 is 5.20. The second-order valence-corrected chi connectivity index (χ2v) is 6.55. The van der Waals surface area contributed by atoms with Gasteiger partial charge in [0.05, 0.1) is 6.42 Å². The Morgan fingerprint density at radius 2 is 1.79 bits per heavy atom. The molecule has 2 rings (SSSR count). The van der Waals surface area contributed by atoms with Gasteiger partial charge < -0.3 is 15.2 Å². The van der Waals surface area contributed by atoms with Crippen LogP contribution in [-0.4, -0.2) is 23.7 Å². The van der Waals surface area contributed by atoms with E-state index in [1.54, 1.807) is 0 Å². The molecule has 0 bridgehead atoms. The minimum Gasteiger partial charge on any atom is -0.481 e. The molecule has 0 aliphatic heterocycles. The van der Waals surface area contributed by atoms with Crippen molar-refractivity contribution in [2.45, 2.75) is 51.6 Å². The van der Waals surface area contributed by atoms with Crippen LogP contribution in [0.3, 0.4) is 0 Å². The van der Waals surface area contributed by atoms with Crippen LogP contribution in [0.2, 0.25) is 0 Å². The average molecular weight is 333 g/mol. The summed E-state index contributed by atoms with van der Waals surface area (Å²) >= 11 is 0. The lowest BCUT2D eigenvalue weighted by atomic mass is 9.84. The van der Waals surface area contributed by atoms with E-state index in [0.29, 0.717) is 12.5 Å². The van der Waals surface area contributed by atoms with Gasteiger partial charge in [-0.3, -0.25) is 4.79 Å². The molecule has 1 saturated carbocycles. The zero-order valence-corrected chi connectivity index (χ0v) is 14.1. The quantitative estimate of drug-likeness (QED) is 0.740. The van der Waals surface area contributed by atoms with Crippen molar-refractivity contribution < 1.29 is 19.4 Å². The van der Waals surface area contributed by atoms with Crippen LogP contribution in [0.1, 0.15) is 50.5 Å². The van der Waals surface area contributed by atoms with E-state index in [-0.39, 0.29) is 18.9 Å². The van der Waals surface area contributed by atoms with Crippen LogP contribution in [0.5, 0.6) is 0 Å². The number of carbonyl (C=O) groups is 2. The number of alkyl carbamates (subject to hydrolysis) is 1. The number of hydrogen-bond acceptors (Lipinski definition) is 3. The van der Waals surface area contributed by atoms with Crippen LogP contribution in [0.25, 0.3) is 0 Å². The number of benzene rings is 1. The van der Waals surface area contributed by atoms with Gasteiger partial charge in [-0.05, 0) is 17.4 Å². The van der Waals surface area contributed by atoms with E-state index in [1.807, 2.05) is 30.3 Å². The van der Waals surface area contributed by atoms with E-state index in [4.69, 9.17) is 9.84 Å². The van der Waals surface area contributed by atoms with Gasteiger partial charge in [0.15, 0.2) is 0 Å². The molecule has 2 N–H and O–H groups in total. The molecule has 0 radical (unpaired) electrons. The van der Waals surface area contributed by atoms with Gasteiger partial charge in [-0.2, -0.15) is 0 Å². The van der Waals surface area contributed by atoms with E-state index >= 15 is 0 Å². The molecule has 1 aliphatic carbocycles. The highest BCUT2D eigenvalue weighted by Gasteiger charge is 2.25. The molecule has 1 aromatic rings. The molecule has 1 aliphatic rings. The number of ether oxygens (including phenoxy) is 1. The summed E-state index contributed by atoms with van der Waals surface area (Å²) in [6, 6.07) is 9.49. The number of carboxylic acids is 1. The lowest BCUT2D eigenvalue weighted by molar-refractivity contribution is -0.138. The maximum Gasteiger partial charge on any atom is 0.407 e. The summed E-state index contributed by atoms with van der Waals surface area (Å²) in [6.45, 7) is 0.588. The predicted octanol–water partition coefficient (Wildman–Crippen LogP) is 3.97. The highest BCUT2D eigenvalue weighted by Crippen LogP contribution is 2.30. The van der Waals surface area contributed by atoms with Gasteiger partial charge in [0.2, 0.25) is 0 Å². The third-order valence-electron chi connectivity index (χ3n) is 4.72. The van der Waals surface area contributed by atoms with E-state index in [0.717, 1.165) is 31.2 Å². The van der Waals surface area contributed by atoms with E-state index in [1.165, 1.54) is 12.8 Å². The second-order valence-electron chi connectivity index (χ2n) is 6.55. The smallest absolute Gasteiger partial charge is 0.407 e. The third-order valence-corrected chi connectivity index (χ3v) is 4.72. The zero-order chi connectivity index (χ0) is 17.2. The van der Waals surface area contributed by atoms with Crippen LogP contribution in [0.15, 0.2) is 30.3 Å². The van der Waals surface area contributed by atoms with E-state index < -0.39 is 12.1 Å². The molecule has 1 fully saturated rings. The fourth-order valence-corrected chi connectivity index (χ4v) is 3.40. The molecule has 132 valence electrons. The van der Waals surface area contributed by atoms with Gasteiger partial charge in [-0.15, -0.1) is 0 Å². The highest BCUT2D eigenvalue weighted by molar-refractivity contribution is 5.68. The average Bonchev–Trinajstić information content (AvgIpc) is 2.86. The Kier molecular flexibility index (Phi) is 7.59. The molecule has 5 nitrogen and oxygen atoms in total. The molecule has 0 spiro atoms. The van der Waals surface area contributed by atoms with Crippen LogP contribution < -0.4 is 5.32 Å². The Hall–Kier alpha value is -2.04. The molecular weight excluding hydrogens is 306 g/mol. The first-order valence-electron chi connectivity index (χ1n) is 8.81. The van der Waals surface area contributed by atoms with Crippen LogP contribution in [0.4, 0.5) is 4.79 Å². The number of aliphatic carboxylic acids is 1. The first-order valence-corrected chi connectivity index (χ1v) is 8.81. The molecule has 5 heteroatoms. The highest BCUT2D eigenvalue weighted by atomic mass is 16.5. The Morgan fingerprint density at radius 3 is 2.42 bits per heavy atom. The molecule has 1 amide bonds. The zero-order valence-electron chi connectivity index (χ0n) is 14.1. The van der Waals surface area contributed by atoms with Gasteiger partial charge in [0, 0.05) is 6.54 Å². The number of hydrogen-bond donors (Lipinski definition) is 2. The SMILES string of the molecule is O=C(O)C[C@H](CNC(=O)OCc1ccccc1)C1CCCCCC1. The Morgan fingerprint density at radius 1 is 1.12 bits per heavy atom. The van der Waals surface area contributed by atoms with Gasteiger partial charge in [0.1, 0.15) is 6.61 Å². The second kappa shape index (κ2) is 9.96. The summed E-state index contributed by atoms with van der Waals surface area (Å²) in [5.41, 5.74) is 0.929. The van der Waals surface area contributed by atoms with Crippen molar-refractivity contribution in [2.24, 2.45) is 11.8 Å². The van der Waals surface area contributed by atoms with Crippen molar-refractivity contribution in [3.05, 3.63) is 35.9 Å². The fourth-order valence-electron chi connectivity index (χ4n) is 3.40. The van der Waals surface area contributed by atoms with Gasteiger partial charge in [-0.25, -0.2) is 4.79 Å². The Bertz CT molecular complexity index is 509. The lowest BCUT2D eigenvalue weighted by Crippen LogP contribution is -2.34. The largest absolute Gasteiger partial charge is 0.481 e. The lowest BCUT2D eigenvalue weighted by Gasteiger charge is -2.25. The fraction of sp³-hybridized carbons (Fsp3) is 0.579. The number of nitrogens with one attached hydrogen (secondary N) is 1. The summed E-state index contributed by atoms with van der Waals surface area (Å²) in [6.07, 6.45) is 6.48. The summed E-state index contributed by atoms with van der Waals surface area (Å²) in [5.74, 6) is -0.452. The molecule has 1 aromatic carbocycles. The van der Waals surface area contributed by atoms with Crippen molar-refractivity contribution in [1.82, 2.24) is 5.32 Å². The van der Waals surface area contributed by atoms with Crippen molar-refractivity contribution in [3.63, 3.8) is 0 Å². The van der Waals surface area contributed by atoms with E-state index in [2.05, 4.69) is 5.32 Å². The summed E-state index contributed by atoms with van der Waals surface area (Å²) in [5, 5.41) is 11.9. The van der Waals surface area contributed by atoms with Crippen molar-refractivity contribution >= 4 is 12.1 Å². The van der Waals surface area contributed by atoms with Gasteiger partial charge in [-0.1, -0.05) is 68.9 Å². The molecule has 0 saturated heterocycles. The summed E-state index contributed by atoms with van der Waals surface area (Å²) in [7, 11) is 0. The number of rotatable bonds is 7. The maximum atomic E-state index is 11.9. The first-order chi connectivity index (χ1) is 11.6. The normalized spacial score (nSPS) is 16.8. The van der Waals surface area contributed by atoms with Gasteiger partial charge in [0.25, 0.3) is 0 Å². The van der Waals surface area contributed by atoms with Crippen LogP contribution >= 0.6 is 0 Å². The van der Waals surface area contributed by atoms with Crippen molar-refractivity contribution in [2.75, 3.05) is 6.54 Å². The molecule has 1 atom stereocenters. The summed E-state index contributed by atoms with van der Waals surface area (Å²) in [4.78, 5) is 23.0. The Labute approximate surface area is 143 Å². The maximum absolute atomic E-state index is 11.9. The number of carboxylic acid groups (broad SMARTS) is 1. The standard InChI is InChI=1S/C19H27NO4/c21-18(22)12-17(16-10-6-1-2-7-11-16)13-20-19(23)24-14-15-8-4-3-5-9-15/h3-5,8-9,16-17H,1-2,6-7,10-14H2,(H,20,23)(H,21,22)/t17-/m1/s1. The minimum atomic E-state index is -0.802. The molecule has 0 heterocycles. The molecular formula is C19H27NO4. The van der Waals surface area contributed by atoms with Gasteiger partial charge >= 0.3 is 12.1 Å². The first kappa shape index (κ1) is 18.3. The third kappa shape index (κ3) is 6.60. The number of carbonyl (C=O) groups excluding carboxylic acids is 1. The minimum absolute atomic E-state index is 0.0233.